The van der Waals surface area contributed by atoms with E-state index in [1.54, 1.807) is 11.3 Å². The summed E-state index contributed by atoms with van der Waals surface area (Å²) in [5, 5.41) is 4.56. The van der Waals surface area contributed by atoms with Crippen molar-refractivity contribution in [3.05, 3.63) is 39.9 Å². The average Bonchev–Trinajstić information content (AvgIpc) is 2.83. The van der Waals surface area contributed by atoms with Crippen LogP contribution in [-0.2, 0) is 0 Å². The van der Waals surface area contributed by atoms with Crippen LogP contribution in [0.5, 0.6) is 0 Å². The fraction of sp³-hybridized carbons (Fsp3) is 0.438. The average molecular weight is 274 g/mol. The normalized spacial score (nSPS) is 12.7. The van der Waals surface area contributed by atoms with Crippen molar-refractivity contribution >= 4 is 11.3 Å². The van der Waals surface area contributed by atoms with Crippen molar-refractivity contribution in [1.82, 2.24) is 10.3 Å². The number of aryl methyl sites for hydroxylation is 3. The zero-order valence-corrected chi connectivity index (χ0v) is 13.2. The second kappa shape index (κ2) is 5.85. The van der Waals surface area contributed by atoms with E-state index in [0.717, 1.165) is 11.6 Å². The molecule has 0 radical (unpaired) electrons. The molecule has 0 fully saturated rings. The molecule has 1 N–H and O–H groups in total. The summed E-state index contributed by atoms with van der Waals surface area (Å²) in [4.78, 5) is 5.90. The molecule has 0 saturated heterocycles. The molecule has 0 aliphatic carbocycles. The highest BCUT2D eigenvalue weighted by molar-refractivity contribution is 7.15. The van der Waals surface area contributed by atoms with Gasteiger partial charge in [-0.25, -0.2) is 4.98 Å². The van der Waals surface area contributed by atoms with E-state index in [4.69, 9.17) is 0 Å². The van der Waals surface area contributed by atoms with Crippen LogP contribution >= 0.6 is 11.3 Å². The van der Waals surface area contributed by atoms with E-state index in [9.17, 15) is 0 Å². The quantitative estimate of drug-likeness (QED) is 0.893. The lowest BCUT2D eigenvalue weighted by Crippen LogP contribution is -2.16. The van der Waals surface area contributed by atoms with Crippen LogP contribution in [0.4, 0.5) is 0 Å². The van der Waals surface area contributed by atoms with E-state index in [2.05, 4.69) is 57.1 Å². The number of aromatic nitrogens is 1. The molecule has 19 heavy (non-hydrogen) atoms. The van der Waals surface area contributed by atoms with Gasteiger partial charge in [0.2, 0.25) is 0 Å². The van der Waals surface area contributed by atoms with Gasteiger partial charge in [-0.15, -0.1) is 11.3 Å². The van der Waals surface area contributed by atoms with Crippen LogP contribution in [-0.4, -0.2) is 11.5 Å². The van der Waals surface area contributed by atoms with Crippen molar-refractivity contribution in [3.8, 4) is 10.6 Å². The highest BCUT2D eigenvalue weighted by atomic mass is 32.1. The van der Waals surface area contributed by atoms with Gasteiger partial charge in [-0.3, -0.25) is 0 Å². The predicted octanol–water partition coefficient (Wildman–Crippen LogP) is 4.41. The minimum absolute atomic E-state index is 0.378. The molecular formula is C16H22N2S. The molecule has 1 heterocycles. The fourth-order valence-corrected chi connectivity index (χ4v) is 3.23. The molecule has 0 aliphatic rings. The largest absolute Gasteiger partial charge is 0.310 e. The summed E-state index contributed by atoms with van der Waals surface area (Å²) < 4.78 is 0. The number of benzene rings is 1. The topological polar surface area (TPSA) is 24.9 Å². The summed E-state index contributed by atoms with van der Waals surface area (Å²) in [6.07, 6.45) is 2.00. The van der Waals surface area contributed by atoms with E-state index in [1.165, 1.54) is 27.1 Å². The molecule has 0 amide bonds. The second-order valence-corrected chi connectivity index (χ2v) is 6.16. The molecule has 0 saturated carbocycles. The van der Waals surface area contributed by atoms with Crippen LogP contribution in [0.3, 0.4) is 0 Å². The zero-order chi connectivity index (χ0) is 14.0. The summed E-state index contributed by atoms with van der Waals surface area (Å²) in [7, 11) is 0. The summed E-state index contributed by atoms with van der Waals surface area (Å²) >= 11 is 1.79. The van der Waals surface area contributed by atoms with E-state index < -0.39 is 0 Å². The molecule has 1 aromatic carbocycles. The lowest BCUT2D eigenvalue weighted by atomic mass is 10.0. The number of hydrogen-bond donors (Lipinski definition) is 1. The van der Waals surface area contributed by atoms with Crippen molar-refractivity contribution in [2.24, 2.45) is 0 Å². The SMILES string of the molecule is CCNC(C)c1cnc(-c2cc(C)c(C)cc2C)s1. The Bertz CT molecular complexity index is 572. The highest BCUT2D eigenvalue weighted by Crippen LogP contribution is 2.32. The molecule has 1 aromatic heterocycles. The van der Waals surface area contributed by atoms with Crippen LogP contribution < -0.4 is 5.32 Å². The Labute approximate surface area is 119 Å². The Morgan fingerprint density at radius 1 is 1.16 bits per heavy atom. The number of rotatable bonds is 4. The predicted molar refractivity (Wildman–Crippen MR) is 83.9 cm³/mol. The van der Waals surface area contributed by atoms with Crippen LogP contribution in [0.2, 0.25) is 0 Å². The molecule has 1 atom stereocenters. The fourth-order valence-electron chi connectivity index (χ4n) is 2.21. The first-order valence-electron chi connectivity index (χ1n) is 6.80. The van der Waals surface area contributed by atoms with Gasteiger partial charge in [0.1, 0.15) is 5.01 Å². The molecule has 0 spiro atoms. The smallest absolute Gasteiger partial charge is 0.123 e. The van der Waals surface area contributed by atoms with Crippen LogP contribution in [0, 0.1) is 20.8 Å². The molecule has 1 unspecified atom stereocenters. The Balaban J connectivity index is 2.35. The first-order chi connectivity index (χ1) is 9.02. The van der Waals surface area contributed by atoms with Gasteiger partial charge in [0.25, 0.3) is 0 Å². The Morgan fingerprint density at radius 3 is 2.53 bits per heavy atom. The third-order valence-electron chi connectivity index (χ3n) is 3.53. The molecule has 2 rings (SSSR count). The van der Waals surface area contributed by atoms with Gasteiger partial charge in [0.15, 0.2) is 0 Å². The van der Waals surface area contributed by atoms with E-state index in [0.29, 0.717) is 6.04 Å². The Hall–Kier alpha value is -1.19. The minimum Gasteiger partial charge on any atom is -0.310 e. The maximum atomic E-state index is 4.60. The first kappa shape index (κ1) is 14.2. The maximum absolute atomic E-state index is 4.60. The van der Waals surface area contributed by atoms with Crippen LogP contribution in [0.1, 0.15) is 41.5 Å². The van der Waals surface area contributed by atoms with Crippen molar-refractivity contribution in [2.45, 2.75) is 40.7 Å². The number of thiazole rings is 1. The van der Waals surface area contributed by atoms with Gasteiger partial charge in [-0.1, -0.05) is 13.0 Å². The summed E-state index contributed by atoms with van der Waals surface area (Å²) in [5.41, 5.74) is 5.25. The van der Waals surface area contributed by atoms with Crippen molar-refractivity contribution in [1.29, 1.82) is 0 Å². The van der Waals surface area contributed by atoms with Gasteiger partial charge in [-0.05, 0) is 57.0 Å². The monoisotopic (exact) mass is 274 g/mol. The van der Waals surface area contributed by atoms with Crippen molar-refractivity contribution in [2.75, 3.05) is 6.54 Å². The Kier molecular flexibility index (Phi) is 4.38. The van der Waals surface area contributed by atoms with Gasteiger partial charge in [0, 0.05) is 22.7 Å². The molecule has 0 aliphatic heterocycles. The molecule has 0 bridgehead atoms. The summed E-state index contributed by atoms with van der Waals surface area (Å²) in [6.45, 7) is 11.8. The maximum Gasteiger partial charge on any atom is 0.123 e. The molecule has 2 aromatic rings. The van der Waals surface area contributed by atoms with Crippen LogP contribution in [0.15, 0.2) is 18.3 Å². The first-order valence-corrected chi connectivity index (χ1v) is 7.62. The standard InChI is InChI=1S/C16H22N2S/c1-6-17-13(5)15-9-18-16(19-15)14-8-11(3)10(2)7-12(14)4/h7-9,13,17H,6H2,1-5H3. The van der Waals surface area contributed by atoms with E-state index in [1.807, 2.05) is 6.20 Å². The Morgan fingerprint density at radius 2 is 1.84 bits per heavy atom. The second-order valence-electron chi connectivity index (χ2n) is 5.10. The van der Waals surface area contributed by atoms with Crippen molar-refractivity contribution in [3.63, 3.8) is 0 Å². The van der Waals surface area contributed by atoms with E-state index >= 15 is 0 Å². The van der Waals surface area contributed by atoms with Crippen molar-refractivity contribution < 1.29 is 0 Å². The summed E-state index contributed by atoms with van der Waals surface area (Å²) in [5.74, 6) is 0. The number of nitrogens with zero attached hydrogens (tertiary/aromatic N) is 1. The summed E-state index contributed by atoms with van der Waals surface area (Å²) in [6, 6.07) is 4.88. The number of hydrogen-bond acceptors (Lipinski definition) is 3. The van der Waals surface area contributed by atoms with Gasteiger partial charge < -0.3 is 5.32 Å². The number of nitrogens with one attached hydrogen (secondary N) is 1. The minimum atomic E-state index is 0.378. The van der Waals surface area contributed by atoms with E-state index in [-0.39, 0.29) is 0 Å². The molecule has 2 nitrogen and oxygen atoms in total. The lowest BCUT2D eigenvalue weighted by molar-refractivity contribution is 0.606. The lowest BCUT2D eigenvalue weighted by Gasteiger charge is -2.09. The van der Waals surface area contributed by atoms with Crippen LogP contribution in [0.25, 0.3) is 10.6 Å². The molecule has 102 valence electrons. The highest BCUT2D eigenvalue weighted by Gasteiger charge is 2.12. The van der Waals surface area contributed by atoms with Gasteiger partial charge in [-0.2, -0.15) is 0 Å². The zero-order valence-electron chi connectivity index (χ0n) is 12.4. The molecule has 3 heteroatoms. The molecular weight excluding hydrogens is 252 g/mol. The van der Waals surface area contributed by atoms with Gasteiger partial charge >= 0.3 is 0 Å². The third kappa shape index (κ3) is 3.04. The van der Waals surface area contributed by atoms with Gasteiger partial charge in [0.05, 0.1) is 0 Å². The third-order valence-corrected chi connectivity index (χ3v) is 4.75.